The van der Waals surface area contributed by atoms with Crippen LogP contribution in [-0.2, 0) is 4.79 Å². The van der Waals surface area contributed by atoms with Gasteiger partial charge in [0.05, 0.1) is 18.3 Å². The number of rotatable bonds is 5. The van der Waals surface area contributed by atoms with Crippen LogP contribution in [0.5, 0.6) is 0 Å². The average molecular weight is 485 g/mol. The van der Waals surface area contributed by atoms with E-state index in [4.69, 9.17) is 0 Å². The van der Waals surface area contributed by atoms with E-state index < -0.39 is 64.4 Å². The Kier molecular flexibility index (Phi) is 6.38. The van der Waals surface area contributed by atoms with Crippen LogP contribution < -0.4 is 0 Å². The molecule has 34 heavy (non-hydrogen) atoms. The highest BCUT2D eigenvalue weighted by Gasteiger charge is 2.81. The first-order valence-electron chi connectivity index (χ1n) is 13.1. The van der Waals surface area contributed by atoms with Gasteiger partial charge in [0.15, 0.2) is 0 Å². The van der Waals surface area contributed by atoms with Crippen molar-refractivity contribution in [2.24, 2.45) is 28.6 Å². The van der Waals surface area contributed by atoms with Gasteiger partial charge in [0.2, 0.25) is 0 Å². The molecule has 12 unspecified atom stereocenters. The topological polar surface area (TPSA) is 159 Å². The fourth-order valence-corrected chi connectivity index (χ4v) is 9.13. The average Bonchev–Trinajstić information content (AvgIpc) is 3.00. The Morgan fingerprint density at radius 1 is 0.971 bits per heavy atom. The van der Waals surface area contributed by atoms with Crippen LogP contribution in [0.4, 0.5) is 0 Å². The molecular weight excluding hydrogens is 440 g/mol. The van der Waals surface area contributed by atoms with Crippen LogP contribution in [0.15, 0.2) is 0 Å². The molecule has 4 aliphatic rings. The Hall–Kier alpha value is -0.610. The first kappa shape index (κ1) is 26.5. The third-order valence-electron chi connectivity index (χ3n) is 11.3. The predicted molar refractivity (Wildman–Crippen MR) is 123 cm³/mol. The van der Waals surface area contributed by atoms with Crippen molar-refractivity contribution in [3.05, 3.63) is 0 Å². The fraction of sp³-hybridized carbons (Fsp3) is 0.962. The lowest BCUT2D eigenvalue weighted by Gasteiger charge is -2.71. The van der Waals surface area contributed by atoms with E-state index in [2.05, 4.69) is 0 Å². The summed E-state index contributed by atoms with van der Waals surface area (Å²) in [6, 6.07) is 0. The van der Waals surface area contributed by atoms with Gasteiger partial charge in [0, 0.05) is 30.1 Å². The molecule has 0 spiro atoms. The zero-order valence-corrected chi connectivity index (χ0v) is 20.9. The van der Waals surface area contributed by atoms with Crippen LogP contribution in [0, 0.1) is 28.6 Å². The molecule has 0 radical (unpaired) electrons. The predicted octanol–water partition coefficient (Wildman–Crippen LogP) is 0.659. The Bertz CT molecular complexity index is 821. The molecule has 0 heterocycles. The zero-order valence-electron chi connectivity index (χ0n) is 20.9. The van der Waals surface area contributed by atoms with Crippen molar-refractivity contribution < 1.29 is 40.5 Å². The standard InChI is InChI=1S/C26H44O8/c1-5-15(27)7-6-14(2)16-12-19(29)26(34)22(16,3)11-9-18-23(4)10-8-17(28)21(31)25(23,33)20(30)13-24(18,26)32/h14,16-21,28-34H,5-13H2,1-4H3. The van der Waals surface area contributed by atoms with E-state index in [0.717, 1.165) is 0 Å². The molecular formula is C26H44O8. The maximum Gasteiger partial charge on any atom is 0.132 e. The molecule has 8 nitrogen and oxygen atoms in total. The van der Waals surface area contributed by atoms with Crippen LogP contribution in [0.1, 0.15) is 85.5 Å². The maximum absolute atomic E-state index is 12.3. The lowest BCUT2D eigenvalue weighted by atomic mass is 9.38. The molecule has 0 aromatic heterocycles. The second-order valence-corrected chi connectivity index (χ2v) is 12.5. The largest absolute Gasteiger partial charge is 0.390 e. The van der Waals surface area contributed by atoms with Crippen LogP contribution in [-0.4, -0.2) is 82.7 Å². The minimum absolute atomic E-state index is 0.0389. The fourth-order valence-electron chi connectivity index (χ4n) is 9.13. The van der Waals surface area contributed by atoms with Crippen LogP contribution >= 0.6 is 0 Å². The van der Waals surface area contributed by atoms with Crippen LogP contribution in [0.2, 0.25) is 0 Å². The molecule has 7 N–H and O–H groups in total. The number of aliphatic hydroxyl groups is 7. The number of hydrogen-bond donors (Lipinski definition) is 7. The molecule has 8 heteroatoms. The van der Waals surface area contributed by atoms with E-state index in [0.29, 0.717) is 32.1 Å². The van der Waals surface area contributed by atoms with E-state index in [1.165, 1.54) is 0 Å². The smallest absolute Gasteiger partial charge is 0.132 e. The molecule has 0 saturated heterocycles. The van der Waals surface area contributed by atoms with Gasteiger partial charge in [-0.25, -0.2) is 0 Å². The van der Waals surface area contributed by atoms with Gasteiger partial charge in [0.25, 0.3) is 0 Å². The van der Waals surface area contributed by atoms with E-state index in [-0.39, 0.29) is 36.9 Å². The molecule has 4 fully saturated rings. The van der Waals surface area contributed by atoms with E-state index in [1.807, 2.05) is 20.8 Å². The minimum Gasteiger partial charge on any atom is -0.390 e. The van der Waals surface area contributed by atoms with Crippen molar-refractivity contribution in [3.63, 3.8) is 0 Å². The highest BCUT2D eigenvalue weighted by atomic mass is 16.4. The Morgan fingerprint density at radius 2 is 1.59 bits per heavy atom. The zero-order chi connectivity index (χ0) is 25.5. The van der Waals surface area contributed by atoms with Gasteiger partial charge >= 0.3 is 0 Å². The number of carbonyl (C=O) groups excluding carboxylic acids is 1. The van der Waals surface area contributed by atoms with Gasteiger partial charge in [-0.15, -0.1) is 0 Å². The molecule has 0 amide bonds. The summed E-state index contributed by atoms with van der Waals surface area (Å²) in [7, 11) is 0. The normalized spacial score (nSPS) is 55.7. The molecule has 4 aliphatic carbocycles. The number of hydrogen-bond acceptors (Lipinski definition) is 8. The second-order valence-electron chi connectivity index (χ2n) is 12.5. The number of fused-ring (bicyclic) bond motifs is 5. The number of ketones is 1. The molecule has 0 aromatic rings. The van der Waals surface area contributed by atoms with E-state index in [1.54, 1.807) is 6.92 Å². The summed E-state index contributed by atoms with van der Waals surface area (Å²) in [4.78, 5) is 11.9. The maximum atomic E-state index is 12.3. The summed E-state index contributed by atoms with van der Waals surface area (Å²) in [5.41, 5.74) is -7.89. The Morgan fingerprint density at radius 3 is 2.21 bits per heavy atom. The molecule has 0 aliphatic heterocycles. The lowest BCUT2D eigenvalue weighted by Crippen LogP contribution is -2.83. The third-order valence-corrected chi connectivity index (χ3v) is 11.3. The summed E-state index contributed by atoms with van der Waals surface area (Å²) >= 11 is 0. The number of aliphatic hydroxyl groups excluding tert-OH is 4. The van der Waals surface area contributed by atoms with Crippen molar-refractivity contribution in [2.75, 3.05) is 0 Å². The van der Waals surface area contributed by atoms with Crippen molar-refractivity contribution in [3.8, 4) is 0 Å². The number of Topliss-reactive ketones (excluding diaryl/α,β-unsaturated/α-hetero) is 1. The number of carbonyl (C=O) groups is 1. The molecule has 12 atom stereocenters. The Labute approximate surface area is 202 Å². The minimum atomic E-state index is -2.04. The van der Waals surface area contributed by atoms with Crippen molar-refractivity contribution in [2.45, 2.75) is 127 Å². The first-order chi connectivity index (χ1) is 15.6. The van der Waals surface area contributed by atoms with E-state index in [9.17, 15) is 40.5 Å². The molecule has 0 bridgehead atoms. The van der Waals surface area contributed by atoms with Crippen molar-refractivity contribution in [1.29, 1.82) is 0 Å². The van der Waals surface area contributed by atoms with Gasteiger partial charge in [-0.2, -0.15) is 0 Å². The molecule has 4 rings (SSSR count). The summed E-state index contributed by atoms with van der Waals surface area (Å²) in [6.07, 6.45) is -2.79. The van der Waals surface area contributed by atoms with Gasteiger partial charge in [-0.3, -0.25) is 4.79 Å². The highest BCUT2D eigenvalue weighted by molar-refractivity contribution is 5.77. The first-order valence-corrected chi connectivity index (χ1v) is 13.1. The van der Waals surface area contributed by atoms with Gasteiger partial charge in [-0.1, -0.05) is 27.7 Å². The van der Waals surface area contributed by atoms with Crippen LogP contribution in [0.3, 0.4) is 0 Å². The molecule has 0 aromatic carbocycles. The van der Waals surface area contributed by atoms with Crippen LogP contribution in [0.25, 0.3) is 0 Å². The second kappa shape index (κ2) is 8.20. The SMILES string of the molecule is CCC(=O)CCC(C)C1CC(O)C2(O)C1(C)CCC1C3(C)CCC(O)C(O)C3(O)C(O)CC12O. The Balaban J connectivity index is 1.73. The monoisotopic (exact) mass is 484 g/mol. The van der Waals surface area contributed by atoms with Gasteiger partial charge in [0.1, 0.15) is 28.7 Å². The quantitative estimate of drug-likeness (QED) is 0.300. The van der Waals surface area contributed by atoms with Gasteiger partial charge < -0.3 is 35.7 Å². The summed E-state index contributed by atoms with van der Waals surface area (Å²) in [6.45, 7) is 7.47. The molecule has 196 valence electrons. The van der Waals surface area contributed by atoms with Crippen molar-refractivity contribution >= 4 is 5.78 Å². The summed E-state index contributed by atoms with van der Waals surface area (Å²) in [5.74, 6) is -0.614. The highest BCUT2D eigenvalue weighted by Crippen LogP contribution is 2.72. The molecule has 4 saturated carbocycles. The van der Waals surface area contributed by atoms with Gasteiger partial charge in [-0.05, 0) is 56.3 Å². The third kappa shape index (κ3) is 2.99. The summed E-state index contributed by atoms with van der Waals surface area (Å²) < 4.78 is 0. The lowest BCUT2D eigenvalue weighted by molar-refractivity contribution is -0.372. The van der Waals surface area contributed by atoms with E-state index >= 15 is 0 Å². The summed E-state index contributed by atoms with van der Waals surface area (Å²) in [5, 5.41) is 79.7. The van der Waals surface area contributed by atoms with Crippen molar-refractivity contribution in [1.82, 2.24) is 0 Å².